The van der Waals surface area contributed by atoms with E-state index in [0.29, 0.717) is 23.9 Å². The Hall–Kier alpha value is -2.29. The van der Waals surface area contributed by atoms with Gasteiger partial charge < -0.3 is 28.5 Å². The zero-order valence-electron chi connectivity index (χ0n) is 52.8. The Labute approximate surface area is 490 Å². The van der Waals surface area contributed by atoms with E-state index in [1.54, 1.807) is 0 Å². The molecule has 0 heterocycles. The molecule has 79 heavy (non-hydrogen) atoms. The molecule has 0 aromatic rings. The van der Waals surface area contributed by atoms with Crippen molar-refractivity contribution >= 4 is 19.7 Å². The summed E-state index contributed by atoms with van der Waals surface area (Å²) in [5.74, 6) is -0.555. The van der Waals surface area contributed by atoms with E-state index in [-0.39, 0.29) is 24.9 Å². The molecule has 0 spiro atoms. The topological polar surface area (TPSA) is 114 Å². The van der Waals surface area contributed by atoms with Crippen LogP contribution >= 0.6 is 7.82 Å². The molecule has 0 radical (unpaired) electrons. The molecule has 0 aliphatic rings. The third-order valence-corrected chi connectivity index (χ3v) is 16.0. The van der Waals surface area contributed by atoms with E-state index in [4.69, 9.17) is 13.8 Å². The number of carbonyl (C=O) groups is 2. The summed E-state index contributed by atoms with van der Waals surface area (Å²) in [6, 6.07) is -0.899. The van der Waals surface area contributed by atoms with E-state index in [9.17, 15) is 19.0 Å². The van der Waals surface area contributed by atoms with Gasteiger partial charge in [0, 0.05) is 12.8 Å². The van der Waals surface area contributed by atoms with Crippen molar-refractivity contribution < 1.29 is 37.3 Å². The van der Waals surface area contributed by atoms with Crippen molar-refractivity contribution in [1.82, 2.24) is 5.32 Å². The van der Waals surface area contributed by atoms with Gasteiger partial charge in [-0.2, -0.15) is 0 Å². The van der Waals surface area contributed by atoms with E-state index in [1.165, 1.54) is 199 Å². The number of hydrogen-bond donors (Lipinski definition) is 1. The number of allylic oxidation sites excluding steroid dienone is 9. The van der Waals surface area contributed by atoms with Crippen LogP contribution in [0.25, 0.3) is 0 Å². The van der Waals surface area contributed by atoms with Crippen LogP contribution in [0, 0.1) is 0 Å². The van der Waals surface area contributed by atoms with Crippen LogP contribution in [0.4, 0.5) is 0 Å². The minimum atomic E-state index is -4.70. The third kappa shape index (κ3) is 60.1. The second-order valence-electron chi connectivity index (χ2n) is 24.0. The minimum Gasteiger partial charge on any atom is -0.756 e. The first-order valence-electron chi connectivity index (χ1n) is 33.6. The highest BCUT2D eigenvalue weighted by Crippen LogP contribution is 2.38. The Balaban J connectivity index is 5.02. The van der Waals surface area contributed by atoms with Gasteiger partial charge in [-0.25, -0.2) is 0 Å². The molecule has 0 rings (SSSR count). The maximum absolute atomic E-state index is 13.5. The number of likely N-dealkylation sites (N-methyl/N-ethyl adjacent to an activating group) is 1. The van der Waals surface area contributed by atoms with Crippen LogP contribution in [-0.4, -0.2) is 69.4 Å². The molecule has 0 aromatic carbocycles. The molecule has 462 valence electrons. The molecule has 0 aliphatic heterocycles. The molecule has 3 unspecified atom stereocenters. The smallest absolute Gasteiger partial charge is 0.306 e. The third-order valence-electron chi connectivity index (χ3n) is 15.0. The van der Waals surface area contributed by atoms with Crippen molar-refractivity contribution in [3.05, 3.63) is 60.8 Å². The van der Waals surface area contributed by atoms with Gasteiger partial charge in [0.05, 0.1) is 33.8 Å². The summed E-state index contributed by atoms with van der Waals surface area (Å²) in [5.41, 5.74) is 0. The van der Waals surface area contributed by atoms with Gasteiger partial charge in [-0.05, 0) is 76.7 Å². The van der Waals surface area contributed by atoms with Gasteiger partial charge in [0.1, 0.15) is 19.3 Å². The molecule has 1 N–H and O–H groups in total. The summed E-state index contributed by atoms with van der Waals surface area (Å²) >= 11 is 0. The molecule has 0 saturated heterocycles. The van der Waals surface area contributed by atoms with Crippen LogP contribution in [0.2, 0.25) is 0 Å². The van der Waals surface area contributed by atoms with Crippen molar-refractivity contribution in [2.24, 2.45) is 0 Å². The lowest BCUT2D eigenvalue weighted by Crippen LogP contribution is -2.47. The summed E-state index contributed by atoms with van der Waals surface area (Å²) in [5, 5.41) is 3.02. The Morgan fingerprint density at radius 2 is 0.823 bits per heavy atom. The molecular weight excluding hydrogens is 1000 g/mol. The van der Waals surface area contributed by atoms with Gasteiger partial charge in [-0.3, -0.25) is 14.2 Å². The van der Waals surface area contributed by atoms with Crippen molar-refractivity contribution in [1.29, 1.82) is 0 Å². The van der Waals surface area contributed by atoms with Crippen LogP contribution in [0.15, 0.2) is 60.8 Å². The number of quaternary nitrogens is 1. The van der Waals surface area contributed by atoms with Gasteiger partial charge in [0.25, 0.3) is 7.82 Å². The molecule has 0 fully saturated rings. The number of hydrogen-bond acceptors (Lipinski definition) is 7. The highest BCUT2D eigenvalue weighted by Gasteiger charge is 2.27. The first-order valence-corrected chi connectivity index (χ1v) is 35.1. The molecule has 10 heteroatoms. The normalized spacial score (nSPS) is 14.0. The molecule has 0 saturated carbocycles. The summed E-state index contributed by atoms with van der Waals surface area (Å²) in [6.07, 6.45) is 75.0. The minimum absolute atomic E-state index is 0.0267. The number of nitrogens with one attached hydrogen (secondary N) is 1. The number of esters is 1. The zero-order valence-corrected chi connectivity index (χ0v) is 53.7. The number of rotatable bonds is 61. The summed E-state index contributed by atoms with van der Waals surface area (Å²) in [7, 11) is 1.17. The van der Waals surface area contributed by atoms with Gasteiger partial charge in [-0.1, -0.05) is 287 Å². The lowest BCUT2D eigenvalue weighted by Gasteiger charge is -2.30. The monoisotopic (exact) mass is 1130 g/mol. The van der Waals surface area contributed by atoms with E-state index in [0.717, 1.165) is 77.0 Å². The summed E-state index contributed by atoms with van der Waals surface area (Å²) < 4.78 is 30.3. The lowest BCUT2D eigenvalue weighted by molar-refractivity contribution is -0.870. The fourth-order valence-corrected chi connectivity index (χ4v) is 10.5. The molecule has 9 nitrogen and oxygen atoms in total. The fourth-order valence-electron chi connectivity index (χ4n) is 9.81. The standard InChI is InChI=1S/C69H129N2O7P/c1-7-10-13-16-19-22-25-28-29-30-31-32-33-34-35-36-37-38-39-40-41-44-47-50-53-56-59-62-69(73)78-67(60-57-54-51-48-45-42-26-23-20-17-14-11-8-2)66(65-77-79(74,75)76-64-63-71(4,5)6)70-68(72)61-58-55-52-49-46-43-27-24-21-18-15-12-9-3/h12,15,18,21,24,27-29,57,60,66-67H,7-11,13-14,16-17,19-20,22-23,25-26,30-56,58-59,61-65H2,1-6H3,(H-,70,72,74,75)/b15-12+,21-18+,27-24-,29-28+,60-57-. The number of phosphoric ester groups is 1. The Morgan fingerprint density at radius 1 is 0.456 bits per heavy atom. The average molecular weight is 1130 g/mol. The zero-order chi connectivity index (χ0) is 57.9. The largest absolute Gasteiger partial charge is 0.756 e. The number of amides is 1. The molecule has 1 amide bonds. The molecule has 0 bridgehead atoms. The number of carbonyl (C=O) groups excluding carboxylic acids is 2. The van der Waals surface area contributed by atoms with Crippen LogP contribution in [0.1, 0.15) is 316 Å². The first-order chi connectivity index (χ1) is 38.4. The first kappa shape index (κ1) is 76.7. The number of phosphoric acid groups is 1. The molecule has 0 aromatic heterocycles. The highest BCUT2D eigenvalue weighted by atomic mass is 31.2. The average Bonchev–Trinajstić information content (AvgIpc) is 3.41. The van der Waals surface area contributed by atoms with E-state index >= 15 is 0 Å². The Kier molecular flexibility index (Phi) is 57.2. The van der Waals surface area contributed by atoms with Crippen LogP contribution in [-0.2, 0) is 27.9 Å². The van der Waals surface area contributed by atoms with Crippen molar-refractivity contribution in [2.75, 3.05) is 40.9 Å². The van der Waals surface area contributed by atoms with Gasteiger partial charge >= 0.3 is 5.97 Å². The quantitative estimate of drug-likeness (QED) is 0.0161. The van der Waals surface area contributed by atoms with Gasteiger partial charge in [0.2, 0.25) is 5.91 Å². The molecule has 3 atom stereocenters. The van der Waals surface area contributed by atoms with Crippen LogP contribution in [0.3, 0.4) is 0 Å². The highest BCUT2D eigenvalue weighted by molar-refractivity contribution is 7.45. The maximum Gasteiger partial charge on any atom is 0.306 e. The molecular formula is C69H129N2O7P. The number of unbranched alkanes of at least 4 members (excludes halogenated alkanes) is 39. The van der Waals surface area contributed by atoms with E-state index in [1.807, 2.05) is 33.3 Å². The SMILES string of the molecule is CC/C=C/C=C/C=C\CCCCCCCC(=O)NC(COP(=O)([O-])OCC[N+](C)(C)C)C(/C=C\CCCCCCCCCCCCC)OC(=O)CCCCCCCCCCCCCCCCCCC/C=C/CCCCCCCC. The van der Waals surface area contributed by atoms with Crippen LogP contribution < -0.4 is 10.2 Å². The van der Waals surface area contributed by atoms with E-state index in [2.05, 4.69) is 74.7 Å². The van der Waals surface area contributed by atoms with Crippen LogP contribution in [0.5, 0.6) is 0 Å². The predicted molar refractivity (Wildman–Crippen MR) is 339 cm³/mol. The Morgan fingerprint density at radius 3 is 1.24 bits per heavy atom. The maximum atomic E-state index is 13.5. The second kappa shape index (κ2) is 58.9. The summed E-state index contributed by atoms with van der Waals surface area (Å²) in [6.45, 7) is 6.72. The Bertz CT molecular complexity index is 1540. The lowest BCUT2D eigenvalue weighted by atomic mass is 10.0. The van der Waals surface area contributed by atoms with Gasteiger partial charge in [0.15, 0.2) is 0 Å². The number of ether oxygens (including phenoxy) is 1. The van der Waals surface area contributed by atoms with Crippen molar-refractivity contribution in [2.45, 2.75) is 328 Å². The second-order valence-corrected chi connectivity index (χ2v) is 25.4. The predicted octanol–water partition coefficient (Wildman–Crippen LogP) is 20.4. The van der Waals surface area contributed by atoms with Crippen molar-refractivity contribution in [3.63, 3.8) is 0 Å². The van der Waals surface area contributed by atoms with Crippen molar-refractivity contribution in [3.8, 4) is 0 Å². The van der Waals surface area contributed by atoms with Gasteiger partial charge in [-0.15, -0.1) is 0 Å². The molecule has 0 aliphatic carbocycles. The number of nitrogens with zero attached hydrogens (tertiary/aromatic N) is 1. The fraction of sp³-hybridized carbons (Fsp3) is 0.826. The summed E-state index contributed by atoms with van der Waals surface area (Å²) in [4.78, 5) is 40.0. The van der Waals surface area contributed by atoms with E-state index < -0.39 is 26.6 Å².